The number of fused-ring (bicyclic) bond motifs is 2. The molecule has 1 aromatic rings. The number of hydrogen-bond acceptors (Lipinski definition) is 4. The van der Waals surface area contributed by atoms with E-state index in [1.54, 1.807) is 6.07 Å². The van der Waals surface area contributed by atoms with Gasteiger partial charge < -0.3 is 5.73 Å². The molecule has 0 saturated carbocycles. The Hall–Kier alpha value is -1.10. The molecule has 4 nitrogen and oxygen atoms in total. The summed E-state index contributed by atoms with van der Waals surface area (Å²) in [4.78, 5) is 14.8. The minimum atomic E-state index is -0.775. The van der Waals surface area contributed by atoms with E-state index in [1.807, 2.05) is 12.1 Å². The fourth-order valence-electron chi connectivity index (χ4n) is 2.18. The Labute approximate surface area is 97.9 Å². The van der Waals surface area contributed by atoms with Crippen molar-refractivity contribution in [3.8, 4) is 0 Å². The SMILES string of the molecule is NC1=NC2(CCCOO2)c2cc(Cl)ccc21. The highest BCUT2D eigenvalue weighted by molar-refractivity contribution is 6.30. The summed E-state index contributed by atoms with van der Waals surface area (Å²) in [6.45, 7) is 0.590. The number of amidine groups is 1. The molecule has 84 valence electrons. The Kier molecular flexibility index (Phi) is 2.17. The van der Waals surface area contributed by atoms with E-state index in [0.717, 1.165) is 24.0 Å². The van der Waals surface area contributed by atoms with Crippen LogP contribution in [0, 0.1) is 0 Å². The molecule has 1 fully saturated rings. The first-order valence-corrected chi connectivity index (χ1v) is 5.55. The van der Waals surface area contributed by atoms with Crippen molar-refractivity contribution in [2.45, 2.75) is 18.6 Å². The van der Waals surface area contributed by atoms with Crippen LogP contribution in [0.15, 0.2) is 23.2 Å². The number of nitrogens with zero attached hydrogens (tertiary/aromatic N) is 1. The third kappa shape index (κ3) is 1.34. The largest absolute Gasteiger partial charge is 0.383 e. The molecule has 0 radical (unpaired) electrons. The van der Waals surface area contributed by atoms with Crippen molar-refractivity contribution in [3.05, 3.63) is 34.3 Å². The van der Waals surface area contributed by atoms with E-state index < -0.39 is 5.72 Å². The van der Waals surface area contributed by atoms with Gasteiger partial charge in [-0.25, -0.2) is 14.8 Å². The smallest absolute Gasteiger partial charge is 0.221 e. The van der Waals surface area contributed by atoms with Gasteiger partial charge in [-0.3, -0.25) is 0 Å². The summed E-state index contributed by atoms with van der Waals surface area (Å²) < 4.78 is 0. The van der Waals surface area contributed by atoms with E-state index >= 15 is 0 Å². The van der Waals surface area contributed by atoms with Gasteiger partial charge in [-0.2, -0.15) is 0 Å². The zero-order valence-corrected chi connectivity index (χ0v) is 9.33. The van der Waals surface area contributed by atoms with Crippen LogP contribution in [-0.4, -0.2) is 12.4 Å². The average molecular weight is 239 g/mol. The molecule has 1 atom stereocenters. The number of hydrogen-bond donors (Lipinski definition) is 1. The van der Waals surface area contributed by atoms with Gasteiger partial charge in [-0.05, 0) is 24.6 Å². The van der Waals surface area contributed by atoms with Crippen molar-refractivity contribution in [2.24, 2.45) is 10.7 Å². The van der Waals surface area contributed by atoms with Crippen molar-refractivity contribution in [1.29, 1.82) is 0 Å². The zero-order valence-electron chi connectivity index (χ0n) is 8.57. The van der Waals surface area contributed by atoms with Gasteiger partial charge in [-0.15, -0.1) is 0 Å². The minimum Gasteiger partial charge on any atom is -0.383 e. The van der Waals surface area contributed by atoms with Gasteiger partial charge >= 0.3 is 0 Å². The van der Waals surface area contributed by atoms with Crippen LogP contribution in [0.25, 0.3) is 0 Å². The predicted molar refractivity (Wildman–Crippen MR) is 60.1 cm³/mol. The molecule has 5 heteroatoms. The van der Waals surface area contributed by atoms with Gasteiger partial charge in [0.05, 0.1) is 6.61 Å². The van der Waals surface area contributed by atoms with Crippen LogP contribution in [-0.2, 0) is 15.5 Å². The summed E-state index contributed by atoms with van der Waals surface area (Å²) in [6, 6.07) is 5.50. The van der Waals surface area contributed by atoms with E-state index in [2.05, 4.69) is 4.99 Å². The summed E-state index contributed by atoms with van der Waals surface area (Å²) >= 11 is 5.99. The lowest BCUT2D eigenvalue weighted by Crippen LogP contribution is -2.30. The van der Waals surface area contributed by atoms with Crippen LogP contribution in [0.2, 0.25) is 5.02 Å². The second kappa shape index (κ2) is 3.45. The summed E-state index contributed by atoms with van der Waals surface area (Å²) in [5.74, 6) is 0.483. The molecule has 0 aromatic heterocycles. The summed E-state index contributed by atoms with van der Waals surface area (Å²) in [5, 5.41) is 0.650. The standard InChI is InChI=1S/C11H11ClN2O2/c12-7-2-3-8-9(6-7)11(14-10(8)13)4-1-5-15-16-11/h2-3,6H,1,4-5H2,(H2,13,14). The van der Waals surface area contributed by atoms with E-state index in [9.17, 15) is 0 Å². The third-order valence-electron chi connectivity index (χ3n) is 2.92. The highest BCUT2D eigenvalue weighted by Gasteiger charge is 2.43. The highest BCUT2D eigenvalue weighted by atomic mass is 35.5. The van der Waals surface area contributed by atoms with Crippen LogP contribution in [0.4, 0.5) is 0 Å². The van der Waals surface area contributed by atoms with Crippen molar-refractivity contribution in [3.63, 3.8) is 0 Å². The van der Waals surface area contributed by atoms with Gasteiger partial charge in [0.2, 0.25) is 5.72 Å². The molecule has 2 aliphatic heterocycles. The molecular weight excluding hydrogens is 228 g/mol. The average Bonchev–Trinajstić information content (AvgIpc) is 2.53. The molecule has 0 amide bonds. The second-order valence-electron chi connectivity index (χ2n) is 3.98. The van der Waals surface area contributed by atoms with Gasteiger partial charge in [-0.1, -0.05) is 11.6 Å². The van der Waals surface area contributed by atoms with E-state index in [0.29, 0.717) is 17.5 Å². The Morgan fingerprint density at radius 3 is 3.06 bits per heavy atom. The summed E-state index contributed by atoms with van der Waals surface area (Å²) in [7, 11) is 0. The molecule has 1 aromatic carbocycles. The van der Waals surface area contributed by atoms with Crippen LogP contribution >= 0.6 is 11.6 Å². The second-order valence-corrected chi connectivity index (χ2v) is 4.42. The predicted octanol–water partition coefficient (Wildman–Crippen LogP) is 1.95. The van der Waals surface area contributed by atoms with Crippen LogP contribution < -0.4 is 5.73 Å². The first kappa shape index (κ1) is 10.1. The maximum Gasteiger partial charge on any atom is 0.221 e. The van der Waals surface area contributed by atoms with Crippen LogP contribution in [0.5, 0.6) is 0 Å². The highest BCUT2D eigenvalue weighted by Crippen LogP contribution is 2.42. The summed E-state index contributed by atoms with van der Waals surface area (Å²) in [6.07, 6.45) is 1.66. The Balaban J connectivity index is 2.14. The van der Waals surface area contributed by atoms with Crippen molar-refractivity contribution in [1.82, 2.24) is 0 Å². The number of aliphatic imine (C=N–C) groups is 1. The van der Waals surface area contributed by atoms with Crippen molar-refractivity contribution in [2.75, 3.05) is 6.61 Å². The molecule has 2 heterocycles. The zero-order chi connectivity index (χ0) is 11.2. The van der Waals surface area contributed by atoms with Crippen molar-refractivity contribution < 1.29 is 9.78 Å². The molecule has 0 aliphatic carbocycles. The molecule has 1 spiro atoms. The molecule has 16 heavy (non-hydrogen) atoms. The molecule has 3 rings (SSSR count). The quantitative estimate of drug-likeness (QED) is 0.703. The van der Waals surface area contributed by atoms with E-state index in [4.69, 9.17) is 27.1 Å². The number of halogens is 1. The van der Waals surface area contributed by atoms with E-state index in [-0.39, 0.29) is 0 Å². The number of benzene rings is 1. The Bertz CT molecular complexity index is 467. The van der Waals surface area contributed by atoms with Gasteiger partial charge in [0, 0.05) is 22.6 Å². The number of rotatable bonds is 0. The van der Waals surface area contributed by atoms with E-state index in [1.165, 1.54) is 0 Å². The lowest BCUT2D eigenvalue weighted by Gasteiger charge is -2.29. The first-order valence-electron chi connectivity index (χ1n) is 5.18. The number of nitrogens with two attached hydrogens (primary N) is 1. The molecule has 1 unspecified atom stereocenters. The molecule has 1 saturated heterocycles. The first-order chi connectivity index (χ1) is 7.71. The van der Waals surface area contributed by atoms with Crippen LogP contribution in [0.1, 0.15) is 24.0 Å². The summed E-state index contributed by atoms with van der Waals surface area (Å²) in [5.41, 5.74) is 6.88. The Morgan fingerprint density at radius 2 is 2.31 bits per heavy atom. The monoisotopic (exact) mass is 238 g/mol. The van der Waals surface area contributed by atoms with Gasteiger partial charge in [0.15, 0.2) is 0 Å². The molecule has 2 aliphatic rings. The van der Waals surface area contributed by atoms with Crippen LogP contribution in [0.3, 0.4) is 0 Å². The normalized spacial score (nSPS) is 27.9. The fourth-order valence-corrected chi connectivity index (χ4v) is 2.36. The van der Waals surface area contributed by atoms with Gasteiger partial charge in [0.25, 0.3) is 0 Å². The minimum absolute atomic E-state index is 0.483. The third-order valence-corrected chi connectivity index (χ3v) is 3.15. The maximum absolute atomic E-state index is 5.99. The molecule has 0 bridgehead atoms. The molecule has 2 N–H and O–H groups in total. The topological polar surface area (TPSA) is 56.8 Å². The Morgan fingerprint density at radius 1 is 1.44 bits per heavy atom. The fraction of sp³-hybridized carbons (Fsp3) is 0.364. The van der Waals surface area contributed by atoms with Crippen molar-refractivity contribution >= 4 is 17.4 Å². The van der Waals surface area contributed by atoms with Gasteiger partial charge in [0.1, 0.15) is 5.84 Å². The lowest BCUT2D eigenvalue weighted by molar-refractivity contribution is -0.386. The maximum atomic E-state index is 5.99. The lowest BCUT2D eigenvalue weighted by atomic mass is 9.96. The molecular formula is C11H11ClN2O2.